The Labute approximate surface area is 169 Å². The lowest BCUT2D eigenvalue weighted by Gasteiger charge is -2.35. The van der Waals surface area contributed by atoms with Crippen LogP contribution in [0, 0.1) is 17.0 Å². The van der Waals surface area contributed by atoms with E-state index in [9.17, 15) is 19.7 Å². The van der Waals surface area contributed by atoms with Crippen LogP contribution in [0.1, 0.15) is 22.8 Å². The molecule has 0 aliphatic carbocycles. The molecule has 1 saturated heterocycles. The van der Waals surface area contributed by atoms with Crippen molar-refractivity contribution in [1.82, 2.24) is 4.90 Å². The highest BCUT2D eigenvalue weighted by Crippen LogP contribution is 2.31. The molecule has 0 atom stereocenters. The lowest BCUT2D eigenvalue weighted by molar-refractivity contribution is -0.384. The molecule has 1 aliphatic heterocycles. The molecule has 2 aromatic carbocycles. The minimum atomic E-state index is -0.463. The van der Waals surface area contributed by atoms with Gasteiger partial charge in [0.25, 0.3) is 11.6 Å². The van der Waals surface area contributed by atoms with Crippen LogP contribution < -0.4 is 9.80 Å². The van der Waals surface area contributed by atoms with E-state index in [1.807, 2.05) is 36.1 Å². The lowest BCUT2D eigenvalue weighted by Crippen LogP contribution is -2.48. The van der Waals surface area contributed by atoms with Crippen molar-refractivity contribution >= 4 is 28.9 Å². The highest BCUT2D eigenvalue weighted by Gasteiger charge is 2.26. The number of hydrogen-bond acceptors (Lipinski definition) is 5. The predicted octanol–water partition coefficient (Wildman–Crippen LogP) is 2.85. The zero-order chi connectivity index (χ0) is 21.1. The maximum absolute atomic E-state index is 12.9. The molecular weight excluding hydrogens is 372 g/mol. The van der Waals surface area contributed by atoms with E-state index in [2.05, 4.69) is 0 Å². The molecule has 2 amide bonds. The van der Waals surface area contributed by atoms with Crippen molar-refractivity contribution < 1.29 is 14.5 Å². The van der Waals surface area contributed by atoms with Crippen LogP contribution in [0.2, 0.25) is 0 Å². The van der Waals surface area contributed by atoms with E-state index in [-0.39, 0.29) is 23.1 Å². The smallest absolute Gasteiger partial charge is 0.293 e. The fraction of sp³-hybridized carbons (Fsp3) is 0.333. The first kappa shape index (κ1) is 20.3. The van der Waals surface area contributed by atoms with Crippen LogP contribution in [0.15, 0.2) is 42.5 Å². The largest absolute Gasteiger partial charge is 0.362 e. The molecule has 1 heterocycles. The van der Waals surface area contributed by atoms with Gasteiger partial charge in [-0.3, -0.25) is 19.7 Å². The van der Waals surface area contributed by atoms with E-state index >= 15 is 0 Å². The molecule has 0 saturated carbocycles. The van der Waals surface area contributed by atoms with Gasteiger partial charge in [-0.05, 0) is 31.2 Å². The van der Waals surface area contributed by atoms with Gasteiger partial charge < -0.3 is 14.7 Å². The summed E-state index contributed by atoms with van der Waals surface area (Å²) in [4.78, 5) is 40.6. The minimum Gasteiger partial charge on any atom is -0.362 e. The quantitative estimate of drug-likeness (QED) is 0.586. The summed E-state index contributed by atoms with van der Waals surface area (Å²) in [6.07, 6.45) is 0. The Morgan fingerprint density at radius 1 is 1.03 bits per heavy atom. The highest BCUT2D eigenvalue weighted by molar-refractivity contribution is 6.06. The Bertz CT molecular complexity index is 934. The van der Waals surface area contributed by atoms with E-state index in [0.29, 0.717) is 37.6 Å². The van der Waals surface area contributed by atoms with Crippen LogP contribution >= 0.6 is 0 Å². The third-order valence-corrected chi connectivity index (χ3v) is 5.21. The Balaban J connectivity index is 1.84. The first-order valence-electron chi connectivity index (χ1n) is 9.41. The normalized spacial score (nSPS) is 13.9. The number of rotatable bonds is 4. The number of carbonyl (C=O) groups is 2. The third-order valence-electron chi connectivity index (χ3n) is 5.21. The topological polar surface area (TPSA) is 87.0 Å². The van der Waals surface area contributed by atoms with E-state index in [4.69, 9.17) is 0 Å². The van der Waals surface area contributed by atoms with Crippen LogP contribution in [0.5, 0.6) is 0 Å². The molecule has 3 rings (SSSR count). The summed E-state index contributed by atoms with van der Waals surface area (Å²) in [7, 11) is 1.65. The third kappa shape index (κ3) is 4.37. The van der Waals surface area contributed by atoms with Gasteiger partial charge in [0.2, 0.25) is 5.91 Å². The van der Waals surface area contributed by atoms with Crippen LogP contribution in [0.25, 0.3) is 0 Å². The van der Waals surface area contributed by atoms with E-state index in [0.717, 1.165) is 5.56 Å². The van der Waals surface area contributed by atoms with Crippen molar-refractivity contribution in [2.45, 2.75) is 13.8 Å². The number of aryl methyl sites for hydroxylation is 1. The molecule has 0 radical (unpaired) electrons. The maximum atomic E-state index is 12.9. The molecule has 1 fully saturated rings. The first-order valence-corrected chi connectivity index (χ1v) is 9.41. The Kier molecular flexibility index (Phi) is 5.81. The number of nitro benzene ring substituents is 1. The number of amides is 2. The van der Waals surface area contributed by atoms with Gasteiger partial charge in [0, 0.05) is 57.5 Å². The van der Waals surface area contributed by atoms with E-state index < -0.39 is 4.92 Å². The van der Waals surface area contributed by atoms with Crippen molar-refractivity contribution in [1.29, 1.82) is 0 Å². The molecule has 8 nitrogen and oxygen atoms in total. The molecule has 0 spiro atoms. The Morgan fingerprint density at radius 3 is 2.21 bits per heavy atom. The summed E-state index contributed by atoms with van der Waals surface area (Å²) in [6, 6.07) is 12.1. The Morgan fingerprint density at radius 2 is 1.66 bits per heavy atom. The first-order chi connectivity index (χ1) is 13.8. The van der Waals surface area contributed by atoms with Gasteiger partial charge in [-0.25, -0.2) is 0 Å². The average Bonchev–Trinajstić information content (AvgIpc) is 2.73. The number of hydrogen-bond donors (Lipinski definition) is 0. The summed E-state index contributed by atoms with van der Waals surface area (Å²) in [5.74, 6) is -0.316. The molecule has 29 heavy (non-hydrogen) atoms. The van der Waals surface area contributed by atoms with Gasteiger partial charge in [0.05, 0.1) is 4.92 Å². The summed E-state index contributed by atoms with van der Waals surface area (Å²) in [5, 5.41) is 11.7. The fourth-order valence-electron chi connectivity index (χ4n) is 3.41. The molecule has 152 valence electrons. The number of nitro groups is 1. The second kappa shape index (κ2) is 8.30. The molecule has 0 unspecified atom stereocenters. The van der Waals surface area contributed by atoms with Crippen molar-refractivity contribution in [3.63, 3.8) is 0 Å². The number of carbonyl (C=O) groups excluding carboxylic acids is 2. The molecule has 0 aromatic heterocycles. The van der Waals surface area contributed by atoms with Crippen molar-refractivity contribution in [3.05, 3.63) is 63.7 Å². The molecule has 8 heteroatoms. The van der Waals surface area contributed by atoms with Crippen LogP contribution in [-0.4, -0.2) is 54.9 Å². The number of nitrogens with zero attached hydrogens (tertiary/aromatic N) is 4. The number of benzene rings is 2. The van der Waals surface area contributed by atoms with Gasteiger partial charge in [-0.15, -0.1) is 0 Å². The second-order valence-corrected chi connectivity index (χ2v) is 7.15. The van der Waals surface area contributed by atoms with Gasteiger partial charge in [0.1, 0.15) is 5.69 Å². The summed E-state index contributed by atoms with van der Waals surface area (Å²) < 4.78 is 0. The zero-order valence-corrected chi connectivity index (χ0v) is 16.8. The van der Waals surface area contributed by atoms with Gasteiger partial charge >= 0.3 is 0 Å². The molecule has 2 aromatic rings. The number of piperazine rings is 1. The molecule has 0 N–H and O–H groups in total. The monoisotopic (exact) mass is 396 g/mol. The predicted molar refractivity (Wildman–Crippen MR) is 111 cm³/mol. The second-order valence-electron chi connectivity index (χ2n) is 7.15. The zero-order valence-electron chi connectivity index (χ0n) is 16.8. The highest BCUT2D eigenvalue weighted by atomic mass is 16.6. The Hall–Kier alpha value is -3.42. The van der Waals surface area contributed by atoms with Crippen LogP contribution in [0.3, 0.4) is 0 Å². The standard InChI is InChI=1S/C21H24N4O4/c1-15-4-7-18(8-5-15)22(3)21(27)17-6-9-19(20(14-17)25(28)29)24-12-10-23(11-13-24)16(2)26/h4-9,14H,10-13H2,1-3H3. The van der Waals surface area contributed by atoms with Crippen molar-refractivity contribution in [3.8, 4) is 0 Å². The van der Waals surface area contributed by atoms with Crippen LogP contribution in [0.4, 0.5) is 17.1 Å². The average molecular weight is 396 g/mol. The van der Waals surface area contributed by atoms with E-state index in [1.165, 1.54) is 17.9 Å². The maximum Gasteiger partial charge on any atom is 0.293 e. The van der Waals surface area contributed by atoms with Gasteiger partial charge in [-0.2, -0.15) is 0 Å². The van der Waals surface area contributed by atoms with Crippen molar-refractivity contribution in [2.75, 3.05) is 43.0 Å². The molecule has 1 aliphatic rings. The fourth-order valence-corrected chi connectivity index (χ4v) is 3.41. The lowest BCUT2D eigenvalue weighted by atomic mass is 10.1. The summed E-state index contributed by atoms with van der Waals surface area (Å²) in [5.41, 5.74) is 2.41. The van der Waals surface area contributed by atoms with Crippen LogP contribution in [-0.2, 0) is 4.79 Å². The summed E-state index contributed by atoms with van der Waals surface area (Å²) in [6.45, 7) is 5.54. The van der Waals surface area contributed by atoms with Gasteiger partial charge in [0.15, 0.2) is 0 Å². The minimum absolute atomic E-state index is 0.000706. The molecule has 0 bridgehead atoms. The molecular formula is C21H24N4O4. The van der Waals surface area contributed by atoms with E-state index in [1.54, 1.807) is 24.1 Å². The summed E-state index contributed by atoms with van der Waals surface area (Å²) >= 11 is 0. The number of anilines is 2. The van der Waals surface area contributed by atoms with Crippen molar-refractivity contribution in [2.24, 2.45) is 0 Å². The van der Waals surface area contributed by atoms with Gasteiger partial charge in [-0.1, -0.05) is 17.7 Å². The SMILES string of the molecule is CC(=O)N1CCN(c2ccc(C(=O)N(C)c3ccc(C)cc3)cc2[N+](=O)[O-])CC1.